The minimum atomic E-state index is -0.0761. The lowest BCUT2D eigenvalue weighted by atomic mass is 9.99. The number of carbonyl (C=O) groups excluding carboxylic acids is 1. The lowest BCUT2D eigenvalue weighted by molar-refractivity contribution is 0.0930. The molecule has 0 aliphatic carbocycles. The molecule has 5 nitrogen and oxygen atoms in total. The Hall–Kier alpha value is -2.37. The van der Waals surface area contributed by atoms with E-state index in [9.17, 15) is 9.90 Å². The lowest BCUT2D eigenvalue weighted by Crippen LogP contribution is -2.41. The summed E-state index contributed by atoms with van der Waals surface area (Å²) in [7, 11) is 0. The molecule has 1 atom stereocenters. The van der Waals surface area contributed by atoms with Crippen LogP contribution in [-0.4, -0.2) is 48.7 Å². The molecule has 0 spiro atoms. The second kappa shape index (κ2) is 9.53. The van der Waals surface area contributed by atoms with E-state index in [-0.39, 0.29) is 12.5 Å². The van der Waals surface area contributed by atoms with Crippen LogP contribution in [0.1, 0.15) is 28.8 Å². The zero-order valence-electron chi connectivity index (χ0n) is 15.9. The lowest BCUT2D eigenvalue weighted by Gasteiger charge is -2.31. The van der Waals surface area contributed by atoms with Gasteiger partial charge < -0.3 is 20.1 Å². The van der Waals surface area contributed by atoms with Gasteiger partial charge in [0.2, 0.25) is 0 Å². The summed E-state index contributed by atoms with van der Waals surface area (Å²) in [5, 5.41) is 12.3. The van der Waals surface area contributed by atoms with Crippen LogP contribution < -0.4 is 10.1 Å². The standard InChI is InChI=1S/C22H28N2O3/c1-17-4-2-6-21(14-17)27-20-9-7-19(8-10-20)22(26)23-11-13-24-12-3-5-18(15-24)16-25/h2,4,6-10,14,18,25H,3,5,11-13,15-16H2,1H3,(H,23,26). The second-order valence-electron chi connectivity index (χ2n) is 7.19. The summed E-state index contributed by atoms with van der Waals surface area (Å²) in [4.78, 5) is 14.6. The van der Waals surface area contributed by atoms with Crippen molar-refractivity contribution in [1.82, 2.24) is 10.2 Å². The molecule has 0 radical (unpaired) electrons. The van der Waals surface area contributed by atoms with Crippen LogP contribution in [0.5, 0.6) is 11.5 Å². The normalized spacial score (nSPS) is 17.5. The van der Waals surface area contributed by atoms with E-state index in [1.54, 1.807) is 12.1 Å². The fraction of sp³-hybridized carbons (Fsp3) is 0.409. The van der Waals surface area contributed by atoms with Crippen LogP contribution in [0.4, 0.5) is 0 Å². The van der Waals surface area contributed by atoms with E-state index in [0.29, 0.717) is 23.8 Å². The summed E-state index contributed by atoms with van der Waals surface area (Å²) in [6.07, 6.45) is 2.21. The first-order valence-electron chi connectivity index (χ1n) is 9.60. The topological polar surface area (TPSA) is 61.8 Å². The van der Waals surface area contributed by atoms with Crippen LogP contribution in [0, 0.1) is 12.8 Å². The fourth-order valence-electron chi connectivity index (χ4n) is 3.42. The van der Waals surface area contributed by atoms with Crippen LogP contribution in [0.2, 0.25) is 0 Å². The van der Waals surface area contributed by atoms with Crippen LogP contribution in [0.3, 0.4) is 0 Å². The number of ether oxygens (including phenoxy) is 1. The Bertz CT molecular complexity index is 745. The Morgan fingerprint density at radius 3 is 2.78 bits per heavy atom. The molecule has 27 heavy (non-hydrogen) atoms. The molecule has 2 aromatic rings. The summed E-state index contributed by atoms with van der Waals surface area (Å²) >= 11 is 0. The van der Waals surface area contributed by atoms with E-state index >= 15 is 0 Å². The van der Waals surface area contributed by atoms with Gasteiger partial charge in [0.15, 0.2) is 0 Å². The Labute approximate surface area is 161 Å². The van der Waals surface area contributed by atoms with Gasteiger partial charge in [-0.2, -0.15) is 0 Å². The monoisotopic (exact) mass is 368 g/mol. The van der Waals surface area contributed by atoms with Crippen LogP contribution >= 0.6 is 0 Å². The Kier molecular flexibility index (Phi) is 6.85. The van der Waals surface area contributed by atoms with Crippen molar-refractivity contribution in [2.75, 3.05) is 32.8 Å². The number of piperidine rings is 1. The number of likely N-dealkylation sites (tertiary alicyclic amines) is 1. The van der Waals surface area contributed by atoms with Gasteiger partial charge in [0.1, 0.15) is 11.5 Å². The van der Waals surface area contributed by atoms with Crippen LogP contribution in [0.25, 0.3) is 0 Å². The molecule has 144 valence electrons. The molecule has 0 saturated carbocycles. The smallest absolute Gasteiger partial charge is 0.251 e. The average Bonchev–Trinajstić information content (AvgIpc) is 2.69. The Balaban J connectivity index is 1.46. The number of nitrogens with one attached hydrogen (secondary N) is 1. The highest BCUT2D eigenvalue weighted by Gasteiger charge is 2.18. The summed E-state index contributed by atoms with van der Waals surface area (Å²) in [5.74, 6) is 1.79. The third-order valence-electron chi connectivity index (χ3n) is 4.92. The minimum Gasteiger partial charge on any atom is -0.457 e. The van der Waals surface area contributed by atoms with E-state index in [1.807, 2.05) is 43.3 Å². The maximum Gasteiger partial charge on any atom is 0.251 e. The zero-order chi connectivity index (χ0) is 19.1. The molecule has 1 unspecified atom stereocenters. The van der Waals surface area contributed by atoms with Crippen molar-refractivity contribution in [1.29, 1.82) is 0 Å². The van der Waals surface area contributed by atoms with Gasteiger partial charge in [-0.15, -0.1) is 0 Å². The van der Waals surface area contributed by atoms with E-state index in [4.69, 9.17) is 4.74 Å². The van der Waals surface area contributed by atoms with Crippen molar-refractivity contribution in [2.24, 2.45) is 5.92 Å². The van der Waals surface area contributed by atoms with Crippen molar-refractivity contribution >= 4 is 5.91 Å². The minimum absolute atomic E-state index is 0.0761. The van der Waals surface area contributed by atoms with Gasteiger partial charge >= 0.3 is 0 Å². The maximum absolute atomic E-state index is 12.3. The molecule has 3 rings (SSSR count). The highest BCUT2D eigenvalue weighted by molar-refractivity contribution is 5.94. The molecule has 2 aromatic carbocycles. The van der Waals surface area contributed by atoms with Gasteiger partial charge in [-0.1, -0.05) is 12.1 Å². The number of benzene rings is 2. The number of nitrogens with zero attached hydrogens (tertiary/aromatic N) is 1. The summed E-state index contributed by atoms with van der Waals surface area (Å²) in [6.45, 7) is 5.65. The van der Waals surface area contributed by atoms with E-state index in [0.717, 1.165) is 43.8 Å². The Morgan fingerprint density at radius 2 is 2.04 bits per heavy atom. The molecular formula is C22H28N2O3. The van der Waals surface area contributed by atoms with Crippen LogP contribution in [0.15, 0.2) is 48.5 Å². The van der Waals surface area contributed by atoms with Crippen molar-refractivity contribution in [3.63, 3.8) is 0 Å². The first-order valence-corrected chi connectivity index (χ1v) is 9.60. The van der Waals surface area contributed by atoms with Crippen molar-refractivity contribution in [2.45, 2.75) is 19.8 Å². The zero-order valence-corrected chi connectivity index (χ0v) is 15.9. The number of carbonyl (C=O) groups is 1. The molecule has 5 heteroatoms. The predicted molar refractivity (Wildman–Crippen MR) is 106 cm³/mol. The second-order valence-corrected chi connectivity index (χ2v) is 7.19. The first-order chi connectivity index (χ1) is 13.1. The summed E-state index contributed by atoms with van der Waals surface area (Å²) in [5.41, 5.74) is 1.76. The van der Waals surface area contributed by atoms with Gasteiger partial charge in [-0.25, -0.2) is 0 Å². The molecule has 0 bridgehead atoms. The van der Waals surface area contributed by atoms with Gasteiger partial charge in [-0.05, 0) is 74.2 Å². The highest BCUT2D eigenvalue weighted by Crippen LogP contribution is 2.22. The Morgan fingerprint density at radius 1 is 1.22 bits per heavy atom. The predicted octanol–water partition coefficient (Wildman–Crippen LogP) is 3.22. The van der Waals surface area contributed by atoms with Gasteiger partial charge in [0.25, 0.3) is 5.91 Å². The van der Waals surface area contributed by atoms with E-state index < -0.39 is 0 Å². The molecule has 1 amide bonds. The van der Waals surface area contributed by atoms with Gasteiger partial charge in [-0.3, -0.25) is 4.79 Å². The molecule has 1 fully saturated rings. The van der Waals surface area contributed by atoms with Crippen molar-refractivity contribution in [3.8, 4) is 11.5 Å². The number of aryl methyl sites for hydroxylation is 1. The molecule has 0 aromatic heterocycles. The summed E-state index contributed by atoms with van der Waals surface area (Å²) < 4.78 is 5.82. The number of hydrogen-bond donors (Lipinski definition) is 2. The molecule has 2 N–H and O–H groups in total. The summed E-state index contributed by atoms with van der Waals surface area (Å²) in [6, 6.07) is 15.1. The average molecular weight is 368 g/mol. The maximum atomic E-state index is 12.3. The van der Waals surface area contributed by atoms with Gasteiger partial charge in [0, 0.05) is 31.8 Å². The number of aliphatic hydroxyl groups is 1. The third-order valence-corrected chi connectivity index (χ3v) is 4.92. The SMILES string of the molecule is Cc1cccc(Oc2ccc(C(=O)NCCN3CCCC(CO)C3)cc2)c1. The number of rotatable bonds is 7. The fourth-order valence-corrected chi connectivity index (χ4v) is 3.42. The quantitative estimate of drug-likeness (QED) is 0.788. The number of amides is 1. The number of aliphatic hydroxyl groups excluding tert-OH is 1. The third kappa shape index (κ3) is 5.81. The highest BCUT2D eigenvalue weighted by atomic mass is 16.5. The molecule has 1 aliphatic heterocycles. The molecule has 1 saturated heterocycles. The van der Waals surface area contributed by atoms with Crippen LogP contribution in [-0.2, 0) is 0 Å². The molecular weight excluding hydrogens is 340 g/mol. The van der Waals surface area contributed by atoms with Crippen molar-refractivity contribution < 1.29 is 14.6 Å². The van der Waals surface area contributed by atoms with E-state index in [2.05, 4.69) is 10.2 Å². The van der Waals surface area contributed by atoms with Crippen molar-refractivity contribution in [3.05, 3.63) is 59.7 Å². The first kappa shape index (κ1) is 19.4. The van der Waals surface area contributed by atoms with Gasteiger partial charge in [0.05, 0.1) is 0 Å². The largest absolute Gasteiger partial charge is 0.457 e. The molecule has 1 heterocycles. The van der Waals surface area contributed by atoms with E-state index in [1.165, 1.54) is 0 Å². The number of hydrogen-bond acceptors (Lipinski definition) is 4. The molecule has 1 aliphatic rings.